The van der Waals surface area contributed by atoms with Crippen LogP contribution in [0.1, 0.15) is 55.0 Å². The van der Waals surface area contributed by atoms with Gasteiger partial charge in [-0.1, -0.05) is 31.2 Å². The van der Waals surface area contributed by atoms with Crippen molar-refractivity contribution in [3.63, 3.8) is 0 Å². The van der Waals surface area contributed by atoms with Gasteiger partial charge < -0.3 is 14.6 Å². The topological polar surface area (TPSA) is 89.0 Å². The fourth-order valence-electron chi connectivity index (χ4n) is 7.19. The zero-order chi connectivity index (χ0) is 30.8. The van der Waals surface area contributed by atoms with Crippen molar-refractivity contribution in [2.75, 3.05) is 19.8 Å². The van der Waals surface area contributed by atoms with Gasteiger partial charge in [-0.3, -0.25) is 19.5 Å². The van der Waals surface area contributed by atoms with E-state index in [2.05, 4.69) is 11.1 Å². The Bertz CT molecular complexity index is 1570. The number of hydrogen-bond acceptors (Lipinski definition) is 6. The van der Waals surface area contributed by atoms with Crippen LogP contribution in [0.2, 0.25) is 0 Å². The molecule has 228 valence electrons. The van der Waals surface area contributed by atoms with Crippen LogP contribution in [0.25, 0.3) is 11.6 Å². The minimum absolute atomic E-state index is 0.0521. The Hall–Kier alpha value is -4.23. The molecule has 7 heteroatoms. The minimum Gasteiger partial charge on any atom is -0.507 e. The van der Waals surface area contributed by atoms with Crippen LogP contribution in [0.3, 0.4) is 0 Å². The molecule has 3 aromatic rings. The van der Waals surface area contributed by atoms with Crippen molar-refractivity contribution in [2.24, 2.45) is 17.8 Å². The second-order valence-electron chi connectivity index (χ2n) is 12.2. The number of hydrogen-bond donors (Lipinski definition) is 1. The highest BCUT2D eigenvalue weighted by Gasteiger charge is 2.56. The van der Waals surface area contributed by atoms with Gasteiger partial charge in [-0.15, -0.1) is 0 Å². The number of phenolic OH excluding ortho intramolecular Hbond substituents is 1. The highest BCUT2D eigenvalue weighted by molar-refractivity contribution is 6.06. The monoisotopic (exact) mass is 592 g/mol. The van der Waals surface area contributed by atoms with Crippen molar-refractivity contribution in [1.29, 1.82) is 0 Å². The summed E-state index contributed by atoms with van der Waals surface area (Å²) in [6.07, 6.45) is 6.42. The van der Waals surface area contributed by atoms with Gasteiger partial charge in [0.15, 0.2) is 0 Å². The summed E-state index contributed by atoms with van der Waals surface area (Å²) in [5, 5.41) is 10.3. The number of fused-ring (bicyclic) bond motifs is 3. The van der Waals surface area contributed by atoms with Crippen LogP contribution in [0.4, 0.5) is 0 Å². The smallest absolute Gasteiger partial charge is 0.233 e. The summed E-state index contributed by atoms with van der Waals surface area (Å²) in [5.41, 5.74) is 6.84. The van der Waals surface area contributed by atoms with Gasteiger partial charge in [-0.25, -0.2) is 0 Å². The molecule has 0 saturated carbocycles. The number of pyridine rings is 1. The van der Waals surface area contributed by atoms with E-state index in [1.165, 1.54) is 4.90 Å². The number of benzene rings is 2. The van der Waals surface area contributed by atoms with Crippen molar-refractivity contribution in [3.8, 4) is 11.5 Å². The lowest BCUT2D eigenvalue weighted by Gasteiger charge is -2.32. The molecule has 2 fully saturated rings. The first kappa shape index (κ1) is 29.8. The fourth-order valence-corrected chi connectivity index (χ4v) is 7.19. The van der Waals surface area contributed by atoms with Crippen LogP contribution >= 0.6 is 0 Å². The maximum atomic E-state index is 13.6. The maximum Gasteiger partial charge on any atom is 0.233 e. The Morgan fingerprint density at radius 1 is 1.05 bits per heavy atom. The molecule has 2 aliphatic heterocycles. The molecule has 7 nitrogen and oxygen atoms in total. The molecule has 1 aromatic heterocycles. The van der Waals surface area contributed by atoms with E-state index in [0.29, 0.717) is 44.8 Å². The number of phenols is 1. The van der Waals surface area contributed by atoms with Gasteiger partial charge in [0, 0.05) is 18.7 Å². The Kier molecular flexibility index (Phi) is 8.67. The van der Waals surface area contributed by atoms with Crippen molar-refractivity contribution >= 4 is 23.5 Å². The standard InChI is InChI=1S/C37H40N2O5/c1-4-16-39-36(41)29-20-27(21-43-28-10-6-5-7-11-28)33-30(34(29)37(39)42)22-44-32(33)14-13-26(31-12-8-9-15-38-31)19-25-17-23(2)35(40)24(3)18-25/h5-12,15,17-19,29-30,32,34,40H,4,13-14,16,20-22H2,1-3H3/b26-19-/t29-,30+,32-,34-/m1/s1. The lowest BCUT2D eigenvalue weighted by Crippen LogP contribution is -2.35. The molecule has 0 bridgehead atoms. The molecule has 0 unspecified atom stereocenters. The summed E-state index contributed by atoms with van der Waals surface area (Å²) in [5.74, 6) is 0.127. The number of carbonyl (C=O) groups is 2. The number of aromatic nitrogens is 1. The zero-order valence-electron chi connectivity index (χ0n) is 25.7. The Balaban J connectivity index is 1.31. The second kappa shape index (κ2) is 12.8. The molecule has 1 aliphatic carbocycles. The van der Waals surface area contributed by atoms with Crippen LogP contribution in [-0.4, -0.2) is 52.7 Å². The fraction of sp³-hybridized carbons (Fsp3) is 0.378. The molecule has 6 rings (SSSR count). The lowest BCUT2D eigenvalue weighted by molar-refractivity contribution is -0.140. The predicted octanol–water partition coefficient (Wildman–Crippen LogP) is 6.53. The first-order valence-electron chi connectivity index (χ1n) is 15.6. The van der Waals surface area contributed by atoms with Crippen molar-refractivity contribution in [3.05, 3.63) is 100 Å². The molecule has 2 saturated heterocycles. The molecule has 4 atom stereocenters. The van der Waals surface area contributed by atoms with Crippen molar-refractivity contribution in [1.82, 2.24) is 9.88 Å². The van der Waals surface area contributed by atoms with E-state index in [1.807, 2.05) is 81.4 Å². The highest BCUT2D eigenvalue weighted by atomic mass is 16.5. The summed E-state index contributed by atoms with van der Waals surface area (Å²) in [4.78, 5) is 33.1. The van der Waals surface area contributed by atoms with Gasteiger partial charge in [-0.2, -0.15) is 0 Å². The number of likely N-dealkylation sites (tertiary alicyclic amines) is 1. The largest absolute Gasteiger partial charge is 0.507 e. The average molecular weight is 593 g/mol. The molecule has 2 aromatic carbocycles. The molecular weight excluding hydrogens is 552 g/mol. The molecule has 3 aliphatic rings. The summed E-state index contributed by atoms with van der Waals surface area (Å²) >= 11 is 0. The Morgan fingerprint density at radius 3 is 2.50 bits per heavy atom. The Morgan fingerprint density at radius 2 is 1.80 bits per heavy atom. The Labute approximate surface area is 259 Å². The maximum absolute atomic E-state index is 13.6. The van der Waals surface area contributed by atoms with Gasteiger partial charge >= 0.3 is 0 Å². The summed E-state index contributed by atoms with van der Waals surface area (Å²) in [6.45, 7) is 7.06. The third kappa shape index (κ3) is 5.81. The van der Waals surface area contributed by atoms with E-state index in [-0.39, 0.29) is 35.7 Å². The number of para-hydroxylation sites is 1. The van der Waals surface area contributed by atoms with Crippen LogP contribution < -0.4 is 4.74 Å². The number of allylic oxidation sites excluding steroid dienone is 1. The van der Waals surface area contributed by atoms with Crippen molar-refractivity contribution < 1.29 is 24.2 Å². The SMILES string of the molecule is CCCN1C(=O)[C@@H]2[C@@H](CC(COc3ccccc3)=C3[C@@H](CC/C(=C/c4cc(C)c(O)c(C)c4)c4ccccn4)OC[C@@H]32)C1=O. The molecule has 2 amide bonds. The lowest BCUT2D eigenvalue weighted by atomic mass is 9.69. The number of aromatic hydroxyl groups is 1. The third-order valence-electron chi connectivity index (χ3n) is 9.23. The zero-order valence-corrected chi connectivity index (χ0v) is 25.7. The van der Waals surface area contributed by atoms with E-state index in [4.69, 9.17) is 9.47 Å². The highest BCUT2D eigenvalue weighted by Crippen LogP contribution is 2.50. The van der Waals surface area contributed by atoms with Crippen molar-refractivity contribution in [2.45, 2.75) is 52.6 Å². The second-order valence-corrected chi connectivity index (χ2v) is 12.2. The average Bonchev–Trinajstić information content (AvgIpc) is 3.56. The molecule has 1 N–H and O–H groups in total. The van der Waals surface area contributed by atoms with Crippen LogP contribution in [-0.2, 0) is 14.3 Å². The van der Waals surface area contributed by atoms with Gasteiger partial charge in [0.1, 0.15) is 18.1 Å². The van der Waals surface area contributed by atoms with E-state index in [1.54, 1.807) is 6.20 Å². The normalized spacial score (nSPS) is 23.2. The first-order valence-corrected chi connectivity index (χ1v) is 15.6. The first-order chi connectivity index (χ1) is 21.4. The van der Waals surface area contributed by atoms with Gasteiger partial charge in [0.2, 0.25) is 11.8 Å². The van der Waals surface area contributed by atoms with E-state index >= 15 is 0 Å². The number of imide groups is 1. The van der Waals surface area contributed by atoms with Gasteiger partial charge in [0.25, 0.3) is 0 Å². The van der Waals surface area contributed by atoms with Crippen LogP contribution in [0.15, 0.2) is 78.0 Å². The molecular formula is C37H40N2O5. The molecule has 0 spiro atoms. The number of aryl methyl sites for hydroxylation is 2. The minimum atomic E-state index is -0.372. The number of ether oxygens (including phenoxy) is 2. The molecule has 3 heterocycles. The van der Waals surface area contributed by atoms with E-state index < -0.39 is 0 Å². The van der Waals surface area contributed by atoms with Gasteiger partial charge in [-0.05, 0) is 115 Å². The molecule has 0 radical (unpaired) electrons. The number of rotatable bonds is 10. The summed E-state index contributed by atoms with van der Waals surface area (Å²) < 4.78 is 12.7. The quantitative estimate of drug-likeness (QED) is 0.213. The summed E-state index contributed by atoms with van der Waals surface area (Å²) in [6, 6.07) is 19.6. The molecule has 44 heavy (non-hydrogen) atoms. The predicted molar refractivity (Wildman–Crippen MR) is 170 cm³/mol. The van der Waals surface area contributed by atoms with Crippen LogP contribution in [0.5, 0.6) is 11.5 Å². The number of amides is 2. The third-order valence-corrected chi connectivity index (χ3v) is 9.23. The summed E-state index contributed by atoms with van der Waals surface area (Å²) in [7, 11) is 0. The van der Waals surface area contributed by atoms with Gasteiger partial charge in [0.05, 0.1) is 30.2 Å². The van der Waals surface area contributed by atoms with E-state index in [0.717, 1.165) is 51.3 Å². The van der Waals surface area contributed by atoms with Crippen LogP contribution in [0, 0.1) is 31.6 Å². The number of carbonyl (C=O) groups excluding carboxylic acids is 2. The van der Waals surface area contributed by atoms with E-state index in [9.17, 15) is 14.7 Å². The number of nitrogens with zero attached hydrogens (tertiary/aromatic N) is 2.